The van der Waals surface area contributed by atoms with Crippen molar-refractivity contribution in [2.24, 2.45) is 0 Å². The van der Waals surface area contributed by atoms with Gasteiger partial charge in [0.25, 0.3) is 0 Å². The number of halogens is 2. The molecule has 0 saturated heterocycles. The van der Waals surface area contributed by atoms with E-state index in [1.807, 2.05) is 38.1 Å². The molecule has 0 amide bonds. The van der Waals surface area contributed by atoms with Gasteiger partial charge in [-0.2, -0.15) is 0 Å². The number of allylic oxidation sites excluding steroid dienone is 2. The predicted molar refractivity (Wildman–Crippen MR) is 113 cm³/mol. The Hall–Kier alpha value is -2.03. The number of carbonyl (C=O) groups excluding carboxylic acids is 1. The van der Waals surface area contributed by atoms with E-state index in [1.165, 1.54) is 0 Å². The van der Waals surface area contributed by atoms with Crippen LogP contribution in [-0.4, -0.2) is 11.4 Å². The van der Waals surface area contributed by atoms with Crippen molar-refractivity contribution < 1.29 is 9.53 Å². The van der Waals surface area contributed by atoms with Gasteiger partial charge in [0.15, 0.2) is 5.78 Å². The van der Waals surface area contributed by atoms with Gasteiger partial charge >= 0.3 is 0 Å². The number of ketones is 1. The molecule has 1 aliphatic rings. The quantitative estimate of drug-likeness (QED) is 0.401. The van der Waals surface area contributed by atoms with Crippen molar-refractivity contribution >= 4 is 35.1 Å². The summed E-state index contributed by atoms with van der Waals surface area (Å²) >= 11 is 12.1. The average Bonchev–Trinajstić information content (AvgIpc) is 2.87. The Morgan fingerprint density at radius 3 is 2.48 bits per heavy atom. The fourth-order valence-corrected chi connectivity index (χ4v) is 3.72. The van der Waals surface area contributed by atoms with Crippen molar-refractivity contribution in [2.45, 2.75) is 39.2 Å². The molecule has 0 atom stereocenters. The highest BCUT2D eigenvalue weighted by Crippen LogP contribution is 2.32. The normalized spacial score (nSPS) is 15.6. The zero-order valence-electron chi connectivity index (χ0n) is 15.7. The maximum absolute atomic E-state index is 12.7. The van der Waals surface area contributed by atoms with Crippen LogP contribution in [0.3, 0.4) is 0 Å². The molecule has 0 saturated carbocycles. The largest absolute Gasteiger partial charge is 0.484 e. The van der Waals surface area contributed by atoms with Crippen LogP contribution in [0.25, 0.3) is 6.08 Å². The van der Waals surface area contributed by atoms with E-state index in [1.54, 1.807) is 18.2 Å². The highest BCUT2D eigenvalue weighted by molar-refractivity contribution is 6.34. The highest BCUT2D eigenvalue weighted by Gasteiger charge is 2.26. The minimum atomic E-state index is -0.400. The first-order valence-electron chi connectivity index (χ1n) is 8.98. The molecule has 0 fully saturated rings. The summed E-state index contributed by atoms with van der Waals surface area (Å²) in [6, 6.07) is 10.9. The topological polar surface area (TPSA) is 26.3 Å². The number of fused-ring (bicyclic) bond motifs is 1. The molecule has 2 aromatic carbocycles. The summed E-state index contributed by atoms with van der Waals surface area (Å²) in [5, 5.41) is 1.10. The van der Waals surface area contributed by atoms with Crippen LogP contribution < -0.4 is 4.74 Å². The van der Waals surface area contributed by atoms with E-state index in [0.717, 1.165) is 34.4 Å². The number of rotatable bonds is 5. The molecule has 3 rings (SSSR count). The first kappa shape index (κ1) is 19.7. The van der Waals surface area contributed by atoms with Crippen LogP contribution in [0.15, 0.2) is 54.1 Å². The maximum Gasteiger partial charge on any atom is 0.189 e. The van der Waals surface area contributed by atoms with Crippen molar-refractivity contribution in [3.05, 3.63) is 80.9 Å². The molecule has 0 aliphatic heterocycles. The minimum Gasteiger partial charge on any atom is -0.484 e. The SMILES string of the molecule is CC/C=C\C(C)(C)Oc1ccc2c(c1)C/C(=C\c1cc(Cl)cc(Cl)c1)C2=O. The van der Waals surface area contributed by atoms with Crippen molar-refractivity contribution in [2.75, 3.05) is 0 Å². The van der Waals surface area contributed by atoms with E-state index in [-0.39, 0.29) is 5.78 Å². The minimum absolute atomic E-state index is 0.0396. The fraction of sp³-hybridized carbons (Fsp3) is 0.261. The van der Waals surface area contributed by atoms with E-state index in [4.69, 9.17) is 27.9 Å². The third-order valence-corrected chi connectivity index (χ3v) is 4.79. The number of benzene rings is 2. The zero-order valence-corrected chi connectivity index (χ0v) is 17.2. The van der Waals surface area contributed by atoms with E-state index in [0.29, 0.717) is 16.5 Å². The lowest BCUT2D eigenvalue weighted by Gasteiger charge is -2.23. The Balaban J connectivity index is 1.85. The number of carbonyl (C=O) groups is 1. The van der Waals surface area contributed by atoms with Gasteiger partial charge in [0.1, 0.15) is 11.4 Å². The lowest BCUT2D eigenvalue weighted by Crippen LogP contribution is -2.25. The van der Waals surface area contributed by atoms with Gasteiger partial charge in [-0.25, -0.2) is 0 Å². The van der Waals surface area contributed by atoms with Crippen LogP contribution in [0.4, 0.5) is 0 Å². The molecule has 2 nitrogen and oxygen atoms in total. The van der Waals surface area contributed by atoms with Crippen LogP contribution in [-0.2, 0) is 6.42 Å². The highest BCUT2D eigenvalue weighted by atomic mass is 35.5. The molecule has 0 bridgehead atoms. The standard InChI is InChI=1S/C23H22Cl2O2/c1-4-5-8-23(2,3)27-20-6-7-21-16(13-20)12-17(22(21)26)9-15-10-18(24)14-19(25)11-15/h5-11,13-14H,4,12H2,1-3H3/b8-5-,17-9+. The van der Waals surface area contributed by atoms with Gasteiger partial charge in [0.2, 0.25) is 0 Å². The van der Waals surface area contributed by atoms with Crippen molar-refractivity contribution in [1.82, 2.24) is 0 Å². The molecule has 0 heterocycles. The number of ether oxygens (including phenoxy) is 1. The van der Waals surface area contributed by atoms with Gasteiger partial charge in [-0.15, -0.1) is 0 Å². The number of Topliss-reactive ketones (excluding diaryl/α,β-unsaturated/α-hetero) is 1. The van der Waals surface area contributed by atoms with Gasteiger partial charge in [-0.05, 0) is 79.9 Å². The summed E-state index contributed by atoms with van der Waals surface area (Å²) in [5.41, 5.74) is 2.86. The second-order valence-electron chi connectivity index (χ2n) is 7.21. The summed E-state index contributed by atoms with van der Waals surface area (Å²) in [4.78, 5) is 12.7. The van der Waals surface area contributed by atoms with Crippen LogP contribution in [0.2, 0.25) is 10.0 Å². The lowest BCUT2D eigenvalue weighted by molar-refractivity contribution is 0.104. The van der Waals surface area contributed by atoms with Crippen molar-refractivity contribution in [3.63, 3.8) is 0 Å². The molecule has 2 aromatic rings. The number of hydrogen-bond donors (Lipinski definition) is 0. The summed E-state index contributed by atoms with van der Waals surface area (Å²) in [6.45, 7) is 6.13. The summed E-state index contributed by atoms with van der Waals surface area (Å²) in [5.74, 6) is 0.803. The molecule has 0 unspecified atom stereocenters. The first-order valence-corrected chi connectivity index (χ1v) is 9.74. The second-order valence-corrected chi connectivity index (χ2v) is 8.09. The molecule has 0 spiro atoms. The third-order valence-electron chi connectivity index (χ3n) is 4.36. The molecule has 140 valence electrons. The second kappa shape index (κ2) is 7.92. The summed E-state index contributed by atoms with van der Waals surface area (Å²) < 4.78 is 6.10. The Kier molecular flexibility index (Phi) is 5.78. The monoisotopic (exact) mass is 400 g/mol. The van der Waals surface area contributed by atoms with E-state index in [9.17, 15) is 4.79 Å². The van der Waals surface area contributed by atoms with Crippen molar-refractivity contribution in [1.29, 1.82) is 0 Å². The van der Waals surface area contributed by atoms with Gasteiger partial charge < -0.3 is 4.74 Å². The maximum atomic E-state index is 12.7. The Morgan fingerprint density at radius 1 is 1.11 bits per heavy atom. The van der Waals surface area contributed by atoms with Crippen LogP contribution in [0.1, 0.15) is 48.7 Å². The Morgan fingerprint density at radius 2 is 1.81 bits per heavy atom. The summed E-state index contributed by atoms with van der Waals surface area (Å²) in [6.07, 6.45) is 7.54. The van der Waals surface area contributed by atoms with Gasteiger partial charge in [-0.3, -0.25) is 4.79 Å². The first-order chi connectivity index (χ1) is 12.8. The van der Waals surface area contributed by atoms with Gasteiger partial charge in [-0.1, -0.05) is 36.2 Å². The van der Waals surface area contributed by atoms with E-state index >= 15 is 0 Å². The molecule has 0 N–H and O–H groups in total. The van der Waals surface area contributed by atoms with E-state index < -0.39 is 5.60 Å². The predicted octanol–water partition coefficient (Wildman–Crippen LogP) is 6.94. The van der Waals surface area contributed by atoms with E-state index in [2.05, 4.69) is 19.1 Å². The molecular formula is C23H22Cl2O2. The smallest absolute Gasteiger partial charge is 0.189 e. The average molecular weight is 401 g/mol. The van der Waals surface area contributed by atoms with Crippen LogP contribution in [0, 0.1) is 0 Å². The zero-order chi connectivity index (χ0) is 19.6. The fourth-order valence-electron chi connectivity index (χ4n) is 3.18. The summed E-state index contributed by atoms with van der Waals surface area (Å²) in [7, 11) is 0. The lowest BCUT2D eigenvalue weighted by atomic mass is 10.1. The molecule has 27 heavy (non-hydrogen) atoms. The molecule has 0 aromatic heterocycles. The molecule has 0 radical (unpaired) electrons. The van der Waals surface area contributed by atoms with Crippen molar-refractivity contribution in [3.8, 4) is 5.75 Å². The molecule has 4 heteroatoms. The third kappa shape index (κ3) is 4.82. The van der Waals surface area contributed by atoms with Gasteiger partial charge in [0, 0.05) is 27.6 Å². The number of hydrogen-bond acceptors (Lipinski definition) is 2. The Labute approximate surface area is 170 Å². The van der Waals surface area contributed by atoms with Gasteiger partial charge in [0.05, 0.1) is 0 Å². The van der Waals surface area contributed by atoms with Crippen LogP contribution >= 0.6 is 23.2 Å². The molecular weight excluding hydrogens is 379 g/mol. The molecule has 1 aliphatic carbocycles. The van der Waals surface area contributed by atoms with Crippen LogP contribution in [0.5, 0.6) is 5.75 Å². The Bertz CT molecular complexity index is 919.